The fraction of sp³-hybridized carbons (Fsp3) is 0.278. The zero-order chi connectivity index (χ0) is 22.0. The van der Waals surface area contributed by atoms with Crippen LogP contribution in [0, 0.1) is 0 Å². The molecule has 162 valence electrons. The van der Waals surface area contributed by atoms with Crippen molar-refractivity contribution in [3.8, 4) is 0 Å². The number of anilines is 1. The molecule has 13 heteroatoms. The molecule has 4 rings (SSSR count). The maximum Gasteiger partial charge on any atom is 0.355 e. The van der Waals surface area contributed by atoms with Crippen molar-refractivity contribution in [2.24, 2.45) is 0 Å². The molecule has 2 amide bonds. The lowest BCUT2D eigenvalue weighted by Crippen LogP contribution is -2.30. The summed E-state index contributed by atoms with van der Waals surface area (Å²) in [7, 11) is -0.720. The monoisotopic (exact) mass is 447 g/mol. The van der Waals surface area contributed by atoms with E-state index in [1.165, 1.54) is 31.6 Å². The van der Waals surface area contributed by atoms with Gasteiger partial charge in [-0.3, -0.25) is 14.2 Å². The maximum absolute atomic E-state index is 12.8. The first-order chi connectivity index (χ1) is 15.0. The van der Waals surface area contributed by atoms with Crippen LogP contribution in [0.25, 0.3) is 11.2 Å². The number of hydrogen-bond acceptors (Lipinski definition) is 10. The summed E-state index contributed by atoms with van der Waals surface area (Å²) in [6.07, 6.45) is 2.34. The standard InChI is InChI=1S/C18H18N5O7P/c1-27-31(26,28-2)11-29-7-8-30-22-10-21-14-15(22)19-9-20-16(14)23-17(24)12-5-3-4-6-13(12)18(23)25/h3-6,9-10H,7-8,11H2,1-2H3. The molecule has 1 aliphatic rings. The SMILES string of the molecule is COP(=O)(COCCOn1cnc2c(N3C(=O)c4ccccc4C3=O)ncnc21)OC. The van der Waals surface area contributed by atoms with Crippen molar-refractivity contribution >= 4 is 36.4 Å². The summed E-state index contributed by atoms with van der Waals surface area (Å²) in [5.74, 6) is -0.897. The second kappa shape index (κ2) is 8.52. The van der Waals surface area contributed by atoms with Crippen LogP contribution < -0.4 is 9.74 Å². The molecule has 12 nitrogen and oxygen atoms in total. The lowest BCUT2D eigenvalue weighted by Gasteiger charge is -2.14. The Kier molecular flexibility index (Phi) is 5.79. The Balaban J connectivity index is 1.49. The third-order valence-electron chi connectivity index (χ3n) is 4.55. The minimum absolute atomic E-state index is 0.0657. The summed E-state index contributed by atoms with van der Waals surface area (Å²) in [5, 5.41) is 0. The van der Waals surface area contributed by atoms with E-state index in [9.17, 15) is 14.2 Å². The van der Waals surface area contributed by atoms with Crippen molar-refractivity contribution in [1.82, 2.24) is 19.7 Å². The minimum atomic E-state index is -3.26. The molecule has 31 heavy (non-hydrogen) atoms. The molecular weight excluding hydrogens is 429 g/mol. The summed E-state index contributed by atoms with van der Waals surface area (Å²) >= 11 is 0. The summed E-state index contributed by atoms with van der Waals surface area (Å²) in [6.45, 7) is 0.165. The molecule has 1 aliphatic heterocycles. The van der Waals surface area contributed by atoms with Crippen LogP contribution in [0.4, 0.5) is 5.82 Å². The Labute approximate surface area is 176 Å². The van der Waals surface area contributed by atoms with Gasteiger partial charge in [0.15, 0.2) is 11.3 Å². The number of nitrogens with zero attached hydrogens (tertiary/aromatic N) is 5. The van der Waals surface area contributed by atoms with Gasteiger partial charge in [0.05, 0.1) is 17.7 Å². The second-order valence-electron chi connectivity index (χ2n) is 6.28. The predicted octanol–water partition coefficient (Wildman–Crippen LogP) is 1.52. The number of rotatable bonds is 9. The van der Waals surface area contributed by atoms with Crippen LogP contribution in [-0.4, -0.2) is 65.3 Å². The van der Waals surface area contributed by atoms with E-state index in [2.05, 4.69) is 15.0 Å². The molecule has 0 fully saturated rings. The molecule has 0 N–H and O–H groups in total. The normalized spacial score (nSPS) is 13.8. The van der Waals surface area contributed by atoms with Gasteiger partial charge >= 0.3 is 7.60 Å². The Morgan fingerprint density at radius 2 is 1.65 bits per heavy atom. The summed E-state index contributed by atoms with van der Waals surface area (Å²) < 4.78 is 28.0. The minimum Gasteiger partial charge on any atom is -0.408 e. The molecule has 0 unspecified atom stereocenters. The summed E-state index contributed by atoms with van der Waals surface area (Å²) in [5.41, 5.74) is 1.09. The van der Waals surface area contributed by atoms with Crippen molar-refractivity contribution < 1.29 is 32.8 Å². The number of benzene rings is 1. The zero-order valence-electron chi connectivity index (χ0n) is 16.6. The van der Waals surface area contributed by atoms with Gasteiger partial charge in [-0.05, 0) is 12.1 Å². The Morgan fingerprint density at radius 3 is 2.29 bits per heavy atom. The van der Waals surface area contributed by atoms with E-state index in [0.29, 0.717) is 11.1 Å². The maximum atomic E-state index is 12.8. The van der Waals surface area contributed by atoms with Crippen LogP contribution in [0.1, 0.15) is 20.7 Å². The van der Waals surface area contributed by atoms with Gasteiger partial charge < -0.3 is 18.6 Å². The second-order valence-corrected chi connectivity index (χ2v) is 8.49. The Hall–Kier alpha value is -3.18. The highest BCUT2D eigenvalue weighted by Gasteiger charge is 2.38. The number of fused-ring (bicyclic) bond motifs is 2. The molecule has 3 heterocycles. The Morgan fingerprint density at radius 1 is 0.968 bits per heavy atom. The van der Waals surface area contributed by atoms with Gasteiger partial charge in [0, 0.05) is 14.2 Å². The predicted molar refractivity (Wildman–Crippen MR) is 107 cm³/mol. The van der Waals surface area contributed by atoms with Crippen molar-refractivity contribution in [2.45, 2.75) is 0 Å². The van der Waals surface area contributed by atoms with E-state index in [-0.39, 0.29) is 36.5 Å². The molecule has 1 aromatic carbocycles. The first kappa shape index (κ1) is 21.1. The molecule has 0 bridgehead atoms. The number of imidazole rings is 1. The largest absolute Gasteiger partial charge is 0.408 e. The molecular formula is C18H18N5O7P. The van der Waals surface area contributed by atoms with Gasteiger partial charge in [-0.1, -0.05) is 12.1 Å². The highest BCUT2D eigenvalue weighted by Crippen LogP contribution is 2.45. The van der Waals surface area contributed by atoms with E-state index < -0.39 is 19.4 Å². The quantitative estimate of drug-likeness (QED) is 0.270. The lowest BCUT2D eigenvalue weighted by molar-refractivity contribution is 0.0505. The molecule has 0 saturated heterocycles. The number of aromatic nitrogens is 4. The van der Waals surface area contributed by atoms with Gasteiger partial charge in [0.1, 0.15) is 25.6 Å². The van der Waals surface area contributed by atoms with Crippen LogP contribution in [0.2, 0.25) is 0 Å². The fourth-order valence-electron chi connectivity index (χ4n) is 2.99. The van der Waals surface area contributed by atoms with Crippen molar-refractivity contribution in [3.05, 3.63) is 48.0 Å². The van der Waals surface area contributed by atoms with E-state index in [1.54, 1.807) is 24.3 Å². The van der Waals surface area contributed by atoms with Crippen LogP contribution in [-0.2, 0) is 18.3 Å². The number of amides is 2. The van der Waals surface area contributed by atoms with Gasteiger partial charge in [-0.15, -0.1) is 0 Å². The fourth-order valence-corrected chi connectivity index (χ4v) is 3.71. The van der Waals surface area contributed by atoms with Crippen LogP contribution in [0.5, 0.6) is 0 Å². The van der Waals surface area contributed by atoms with Crippen molar-refractivity contribution in [1.29, 1.82) is 0 Å². The van der Waals surface area contributed by atoms with Crippen LogP contribution in [0.3, 0.4) is 0 Å². The molecule has 0 spiro atoms. The number of ether oxygens (including phenoxy) is 1. The van der Waals surface area contributed by atoms with Gasteiger partial charge in [0.2, 0.25) is 5.65 Å². The smallest absolute Gasteiger partial charge is 0.355 e. The van der Waals surface area contributed by atoms with Gasteiger partial charge in [-0.25, -0.2) is 19.9 Å². The van der Waals surface area contributed by atoms with Crippen LogP contribution in [0.15, 0.2) is 36.9 Å². The topological polar surface area (TPSA) is 135 Å². The third kappa shape index (κ3) is 3.81. The average molecular weight is 447 g/mol. The Bertz CT molecular complexity index is 1150. The average Bonchev–Trinajstić information content (AvgIpc) is 3.32. The molecule has 0 radical (unpaired) electrons. The first-order valence-electron chi connectivity index (χ1n) is 9.06. The third-order valence-corrected chi connectivity index (χ3v) is 6.17. The highest BCUT2D eigenvalue weighted by molar-refractivity contribution is 7.53. The van der Waals surface area contributed by atoms with E-state index in [1.807, 2.05) is 0 Å². The number of hydrogen-bond donors (Lipinski definition) is 0. The lowest BCUT2D eigenvalue weighted by atomic mass is 10.1. The van der Waals surface area contributed by atoms with Crippen LogP contribution >= 0.6 is 7.60 Å². The van der Waals surface area contributed by atoms with Gasteiger partial charge in [0.25, 0.3) is 11.8 Å². The van der Waals surface area contributed by atoms with Crippen molar-refractivity contribution in [3.63, 3.8) is 0 Å². The molecule has 0 atom stereocenters. The molecule has 0 saturated carbocycles. The first-order valence-corrected chi connectivity index (χ1v) is 10.8. The molecule has 0 aliphatic carbocycles. The summed E-state index contributed by atoms with van der Waals surface area (Å²) in [4.78, 5) is 44.5. The summed E-state index contributed by atoms with van der Waals surface area (Å²) in [6, 6.07) is 6.54. The molecule has 2 aromatic heterocycles. The zero-order valence-corrected chi connectivity index (χ0v) is 17.5. The van der Waals surface area contributed by atoms with E-state index in [4.69, 9.17) is 18.6 Å². The number of carbonyl (C=O) groups is 2. The number of carbonyl (C=O) groups excluding carboxylic acids is 2. The number of imide groups is 1. The van der Waals surface area contributed by atoms with Gasteiger partial charge in [-0.2, -0.15) is 4.73 Å². The van der Waals surface area contributed by atoms with Crippen molar-refractivity contribution in [2.75, 3.05) is 38.7 Å². The van der Waals surface area contributed by atoms with E-state index in [0.717, 1.165) is 4.90 Å². The highest BCUT2D eigenvalue weighted by atomic mass is 31.2. The van der Waals surface area contributed by atoms with E-state index >= 15 is 0 Å². The molecule has 3 aromatic rings.